The van der Waals surface area contributed by atoms with Crippen molar-refractivity contribution in [2.24, 2.45) is 0 Å². The molecule has 0 radical (unpaired) electrons. The number of nitrogen functional groups attached to an aromatic ring is 1. The van der Waals surface area contributed by atoms with Crippen LogP contribution in [0, 0.1) is 12.3 Å². The second-order valence-electron chi connectivity index (χ2n) is 4.73. The Hall–Kier alpha value is -2.19. The number of hydrogen-bond acceptors (Lipinski definition) is 4. The SMILES string of the molecule is C#CCN1CCN(C(=O)c2cc(OC)ccc2N)CC1. The first-order valence-corrected chi connectivity index (χ1v) is 6.54. The van der Waals surface area contributed by atoms with Gasteiger partial charge in [-0.3, -0.25) is 9.69 Å². The molecule has 1 aliphatic heterocycles. The molecule has 1 fully saturated rings. The van der Waals surface area contributed by atoms with Crippen molar-refractivity contribution >= 4 is 11.6 Å². The van der Waals surface area contributed by atoms with Crippen LogP contribution in [0.4, 0.5) is 5.69 Å². The Bertz CT molecular complexity index is 528. The fraction of sp³-hybridized carbons (Fsp3) is 0.400. The summed E-state index contributed by atoms with van der Waals surface area (Å²) in [5.41, 5.74) is 6.86. The van der Waals surface area contributed by atoms with Crippen LogP contribution in [-0.2, 0) is 0 Å². The number of nitrogens with zero attached hydrogens (tertiary/aromatic N) is 2. The van der Waals surface area contributed by atoms with Crippen LogP contribution in [0.2, 0.25) is 0 Å². The number of rotatable bonds is 3. The normalized spacial score (nSPS) is 15.7. The molecular formula is C15H19N3O2. The first-order chi connectivity index (χ1) is 9.65. The molecule has 0 spiro atoms. The third-order valence-corrected chi connectivity index (χ3v) is 3.47. The van der Waals surface area contributed by atoms with Crippen molar-refractivity contribution in [3.63, 3.8) is 0 Å². The molecule has 1 aromatic carbocycles. The number of benzene rings is 1. The second kappa shape index (κ2) is 6.31. The maximum absolute atomic E-state index is 12.5. The molecule has 1 heterocycles. The number of ether oxygens (including phenoxy) is 1. The first-order valence-electron chi connectivity index (χ1n) is 6.54. The number of carbonyl (C=O) groups is 1. The molecule has 0 aromatic heterocycles. The van der Waals surface area contributed by atoms with Gasteiger partial charge in [0.25, 0.3) is 5.91 Å². The van der Waals surface area contributed by atoms with Crippen molar-refractivity contribution < 1.29 is 9.53 Å². The minimum absolute atomic E-state index is 0.0539. The Morgan fingerprint density at radius 2 is 2.10 bits per heavy atom. The van der Waals surface area contributed by atoms with E-state index in [1.165, 1.54) is 0 Å². The van der Waals surface area contributed by atoms with Crippen LogP contribution < -0.4 is 10.5 Å². The summed E-state index contributed by atoms with van der Waals surface area (Å²) in [6, 6.07) is 5.13. The van der Waals surface area contributed by atoms with Crippen LogP contribution in [0.5, 0.6) is 5.75 Å². The predicted octanol–water partition coefficient (Wildman–Crippen LogP) is 0.668. The number of hydrogen-bond donors (Lipinski definition) is 1. The van der Waals surface area contributed by atoms with Crippen LogP contribution in [0.3, 0.4) is 0 Å². The van der Waals surface area contributed by atoms with Gasteiger partial charge in [0.05, 0.1) is 19.2 Å². The lowest BCUT2D eigenvalue weighted by atomic mass is 10.1. The van der Waals surface area contributed by atoms with E-state index in [9.17, 15) is 4.79 Å². The molecule has 5 nitrogen and oxygen atoms in total. The van der Waals surface area contributed by atoms with Gasteiger partial charge >= 0.3 is 0 Å². The Kier molecular flexibility index (Phi) is 4.49. The van der Waals surface area contributed by atoms with Gasteiger partial charge in [0.15, 0.2) is 0 Å². The van der Waals surface area contributed by atoms with Gasteiger partial charge in [-0.1, -0.05) is 5.92 Å². The molecule has 0 bridgehead atoms. The van der Waals surface area contributed by atoms with Crippen LogP contribution in [-0.4, -0.2) is 55.5 Å². The van der Waals surface area contributed by atoms with E-state index in [1.54, 1.807) is 30.2 Å². The van der Waals surface area contributed by atoms with Crippen LogP contribution in [0.1, 0.15) is 10.4 Å². The summed E-state index contributed by atoms with van der Waals surface area (Å²) >= 11 is 0. The van der Waals surface area contributed by atoms with E-state index < -0.39 is 0 Å². The zero-order valence-electron chi connectivity index (χ0n) is 11.6. The van der Waals surface area contributed by atoms with Crippen LogP contribution >= 0.6 is 0 Å². The average Bonchev–Trinajstić information content (AvgIpc) is 2.48. The van der Waals surface area contributed by atoms with Gasteiger partial charge in [-0.2, -0.15) is 0 Å². The highest BCUT2D eigenvalue weighted by molar-refractivity contribution is 5.99. The Morgan fingerprint density at radius 1 is 1.40 bits per heavy atom. The quantitative estimate of drug-likeness (QED) is 0.649. The molecule has 2 rings (SSSR count). The molecule has 1 aromatic rings. The van der Waals surface area contributed by atoms with E-state index in [-0.39, 0.29) is 5.91 Å². The standard InChI is InChI=1S/C15H19N3O2/c1-3-6-17-7-9-18(10-8-17)15(19)13-11-12(20-2)4-5-14(13)16/h1,4-5,11H,6-10,16H2,2H3. The molecule has 2 N–H and O–H groups in total. The van der Waals surface area contributed by atoms with E-state index in [2.05, 4.69) is 10.8 Å². The summed E-state index contributed by atoms with van der Waals surface area (Å²) in [4.78, 5) is 16.4. The van der Waals surface area contributed by atoms with Gasteiger partial charge < -0.3 is 15.4 Å². The van der Waals surface area contributed by atoms with Gasteiger partial charge in [0.2, 0.25) is 0 Å². The largest absolute Gasteiger partial charge is 0.497 e. The van der Waals surface area contributed by atoms with Crippen molar-refractivity contribution in [2.45, 2.75) is 0 Å². The third kappa shape index (κ3) is 3.03. The molecule has 0 saturated carbocycles. The maximum atomic E-state index is 12.5. The molecule has 1 amide bonds. The van der Waals surface area contributed by atoms with Gasteiger partial charge in [-0.15, -0.1) is 6.42 Å². The fourth-order valence-corrected chi connectivity index (χ4v) is 2.26. The first kappa shape index (κ1) is 14.2. The van der Waals surface area contributed by atoms with Crippen LogP contribution in [0.25, 0.3) is 0 Å². The van der Waals surface area contributed by atoms with Gasteiger partial charge in [-0.25, -0.2) is 0 Å². The zero-order valence-corrected chi connectivity index (χ0v) is 11.6. The minimum Gasteiger partial charge on any atom is -0.497 e. The molecule has 1 aliphatic rings. The zero-order chi connectivity index (χ0) is 14.5. The molecule has 1 saturated heterocycles. The molecule has 0 atom stereocenters. The lowest BCUT2D eigenvalue weighted by Crippen LogP contribution is -2.48. The number of anilines is 1. The highest BCUT2D eigenvalue weighted by Gasteiger charge is 2.23. The average molecular weight is 273 g/mol. The molecule has 20 heavy (non-hydrogen) atoms. The maximum Gasteiger partial charge on any atom is 0.256 e. The number of methoxy groups -OCH3 is 1. The molecule has 0 aliphatic carbocycles. The topological polar surface area (TPSA) is 58.8 Å². The number of piperazine rings is 1. The Labute approximate surface area is 119 Å². The monoisotopic (exact) mass is 273 g/mol. The van der Waals surface area contributed by atoms with Crippen molar-refractivity contribution in [2.75, 3.05) is 45.6 Å². The van der Waals surface area contributed by atoms with E-state index in [1.807, 2.05) is 0 Å². The van der Waals surface area contributed by atoms with Gasteiger partial charge in [0.1, 0.15) is 5.75 Å². The highest BCUT2D eigenvalue weighted by atomic mass is 16.5. The number of terminal acetylenes is 1. The van der Waals surface area contributed by atoms with Gasteiger partial charge in [-0.05, 0) is 18.2 Å². The Balaban J connectivity index is 2.07. The summed E-state index contributed by atoms with van der Waals surface area (Å²) in [5, 5.41) is 0. The summed E-state index contributed by atoms with van der Waals surface area (Å²) in [7, 11) is 1.57. The predicted molar refractivity (Wildman–Crippen MR) is 78.6 cm³/mol. The van der Waals surface area contributed by atoms with Crippen molar-refractivity contribution in [1.29, 1.82) is 0 Å². The minimum atomic E-state index is -0.0539. The number of carbonyl (C=O) groups excluding carboxylic acids is 1. The molecular weight excluding hydrogens is 254 g/mol. The number of nitrogens with two attached hydrogens (primary N) is 1. The van der Waals surface area contributed by atoms with E-state index >= 15 is 0 Å². The van der Waals surface area contributed by atoms with Crippen molar-refractivity contribution in [3.05, 3.63) is 23.8 Å². The van der Waals surface area contributed by atoms with Crippen molar-refractivity contribution in [3.8, 4) is 18.1 Å². The highest BCUT2D eigenvalue weighted by Crippen LogP contribution is 2.21. The van der Waals surface area contributed by atoms with E-state index in [4.69, 9.17) is 16.9 Å². The lowest BCUT2D eigenvalue weighted by Gasteiger charge is -2.34. The van der Waals surface area contributed by atoms with Crippen molar-refractivity contribution in [1.82, 2.24) is 9.80 Å². The lowest BCUT2D eigenvalue weighted by molar-refractivity contribution is 0.0653. The molecule has 5 heteroatoms. The Morgan fingerprint density at radius 3 is 2.70 bits per heavy atom. The van der Waals surface area contributed by atoms with E-state index in [0.29, 0.717) is 36.6 Å². The summed E-state index contributed by atoms with van der Waals surface area (Å²) in [5.74, 6) is 3.20. The smallest absolute Gasteiger partial charge is 0.256 e. The summed E-state index contributed by atoms with van der Waals surface area (Å²) in [6.45, 7) is 3.54. The fourth-order valence-electron chi connectivity index (χ4n) is 2.26. The van der Waals surface area contributed by atoms with Crippen LogP contribution in [0.15, 0.2) is 18.2 Å². The summed E-state index contributed by atoms with van der Waals surface area (Å²) in [6.07, 6.45) is 5.29. The third-order valence-electron chi connectivity index (χ3n) is 3.47. The molecule has 0 unspecified atom stereocenters. The molecule has 106 valence electrons. The second-order valence-corrected chi connectivity index (χ2v) is 4.73. The van der Waals surface area contributed by atoms with E-state index in [0.717, 1.165) is 13.1 Å². The summed E-state index contributed by atoms with van der Waals surface area (Å²) < 4.78 is 5.14. The number of amides is 1. The van der Waals surface area contributed by atoms with Gasteiger partial charge in [0, 0.05) is 31.9 Å².